The molecule has 5 nitrogen and oxygen atoms in total. The van der Waals surface area contributed by atoms with E-state index in [9.17, 15) is 26.1 Å². The van der Waals surface area contributed by atoms with E-state index in [1.54, 1.807) is 0 Å². The molecule has 0 spiro atoms. The second kappa shape index (κ2) is 6.13. The third-order valence-electron chi connectivity index (χ3n) is 0.413. The molecule has 0 aromatic carbocycles. The number of hydrogen-bond acceptors (Lipinski definition) is 5. The normalized spacial score (nSPS) is 14.1. The van der Waals surface area contributed by atoms with E-state index >= 15 is 0 Å². The van der Waals surface area contributed by atoms with Crippen LogP contribution in [0.3, 0.4) is 0 Å². The first kappa shape index (κ1) is 15.1. The fourth-order valence-corrected chi connectivity index (χ4v) is 0.299. The first-order chi connectivity index (χ1) is 4.83. The molecule has 0 aromatic rings. The van der Waals surface area contributed by atoms with Crippen molar-refractivity contribution in [3.8, 4) is 0 Å². The van der Waals surface area contributed by atoms with Crippen molar-refractivity contribution in [1.29, 1.82) is 0 Å². The Labute approximate surface area is 88.0 Å². The molecular weight excluding hydrogens is 216 g/mol. The van der Waals surface area contributed by atoms with E-state index < -0.39 is 23.2 Å². The molecule has 0 saturated heterocycles. The third kappa shape index (κ3) is 8.71. The summed E-state index contributed by atoms with van der Waals surface area (Å²) >= 11 is 0. The van der Waals surface area contributed by atoms with Gasteiger partial charge >= 0.3 is 29.6 Å². The molecule has 1 atom stereocenters. The maximum Gasteiger partial charge on any atom is 1.00 e. The van der Waals surface area contributed by atoms with Crippen molar-refractivity contribution < 1.29 is 64.9 Å². The van der Waals surface area contributed by atoms with E-state index in [0.717, 1.165) is 0 Å². The minimum Gasteiger partial charge on any atom is -0.724 e. The first-order valence-electron chi connectivity index (χ1n) is 2.06. The summed E-state index contributed by atoms with van der Waals surface area (Å²) in [5, 5.41) is 0. The van der Waals surface area contributed by atoms with E-state index in [1.807, 2.05) is 0 Å². The Hall–Kier alpha value is 0.620. The van der Waals surface area contributed by atoms with Crippen LogP contribution in [0.1, 0.15) is 0 Å². The standard InChI is InChI=1S/C2H3F3O5S.Na/c3-1(4)2(5)9-10-11(6,7)8;/h1-2H,(H,6,7,8);/q;+1/p-1. The van der Waals surface area contributed by atoms with Crippen LogP contribution < -0.4 is 29.6 Å². The monoisotopic (exact) mass is 218 g/mol. The van der Waals surface area contributed by atoms with Gasteiger partial charge in [0, 0.05) is 0 Å². The van der Waals surface area contributed by atoms with E-state index in [2.05, 4.69) is 9.22 Å². The van der Waals surface area contributed by atoms with Crippen LogP contribution >= 0.6 is 0 Å². The van der Waals surface area contributed by atoms with Crippen molar-refractivity contribution in [3.05, 3.63) is 0 Å². The van der Waals surface area contributed by atoms with Crippen molar-refractivity contribution >= 4 is 10.4 Å². The van der Waals surface area contributed by atoms with Crippen LogP contribution in [-0.4, -0.2) is 25.8 Å². The molecule has 12 heavy (non-hydrogen) atoms. The van der Waals surface area contributed by atoms with Gasteiger partial charge in [-0.2, -0.15) is 4.89 Å². The molecule has 0 heterocycles. The quantitative estimate of drug-likeness (QED) is 0.165. The summed E-state index contributed by atoms with van der Waals surface area (Å²) in [6.07, 6.45) is -6.82. The van der Waals surface area contributed by atoms with Crippen LogP contribution in [0.2, 0.25) is 0 Å². The van der Waals surface area contributed by atoms with Crippen molar-refractivity contribution in [2.45, 2.75) is 12.8 Å². The molecule has 0 aliphatic rings. The molecule has 1 unspecified atom stereocenters. The molecule has 0 saturated carbocycles. The minimum atomic E-state index is -5.30. The van der Waals surface area contributed by atoms with Crippen LogP contribution in [0.15, 0.2) is 0 Å². The zero-order chi connectivity index (χ0) is 9.07. The van der Waals surface area contributed by atoms with Gasteiger partial charge in [0.2, 0.25) is 10.4 Å². The molecule has 0 fully saturated rings. The molecule has 0 N–H and O–H groups in total. The molecule has 0 aromatic heterocycles. The predicted molar refractivity (Wildman–Crippen MR) is 22.8 cm³/mol. The molecule has 0 rings (SSSR count). The zero-order valence-corrected chi connectivity index (χ0v) is 8.55. The van der Waals surface area contributed by atoms with Gasteiger partial charge in [-0.3, -0.25) is 0 Å². The fraction of sp³-hybridized carbons (Fsp3) is 1.00. The van der Waals surface area contributed by atoms with Gasteiger partial charge in [-0.05, 0) is 0 Å². The Morgan fingerprint density at radius 3 is 1.92 bits per heavy atom. The van der Waals surface area contributed by atoms with Gasteiger partial charge in [-0.1, -0.05) is 0 Å². The van der Waals surface area contributed by atoms with Crippen molar-refractivity contribution in [2.24, 2.45) is 0 Å². The molecule has 10 heteroatoms. The van der Waals surface area contributed by atoms with Gasteiger partial charge in [-0.25, -0.2) is 21.6 Å². The molecule has 0 amide bonds. The summed E-state index contributed by atoms with van der Waals surface area (Å²) in [4.78, 5) is 2.85. The third-order valence-corrected chi connectivity index (χ3v) is 0.658. The van der Waals surface area contributed by atoms with Crippen LogP contribution in [0.5, 0.6) is 0 Å². The number of hydrogen-bond donors (Lipinski definition) is 0. The Balaban J connectivity index is 0. The Morgan fingerprint density at radius 2 is 1.67 bits per heavy atom. The molecule has 0 aliphatic heterocycles. The maximum absolute atomic E-state index is 11.6. The SMILES string of the molecule is O=S(=O)([O-])OOC(F)C(F)F.[Na+]. The van der Waals surface area contributed by atoms with Crippen LogP contribution in [0, 0.1) is 0 Å². The summed E-state index contributed by atoms with van der Waals surface area (Å²) in [7, 11) is -5.30. The number of rotatable bonds is 4. The van der Waals surface area contributed by atoms with E-state index in [1.165, 1.54) is 0 Å². The number of alkyl halides is 3. The first-order valence-corrected chi connectivity index (χ1v) is 3.39. The summed E-state index contributed by atoms with van der Waals surface area (Å²) in [5.41, 5.74) is 0. The molecule has 0 aliphatic carbocycles. The summed E-state index contributed by atoms with van der Waals surface area (Å²) in [5.74, 6) is 0. The predicted octanol–water partition coefficient (Wildman–Crippen LogP) is -3.04. The van der Waals surface area contributed by atoms with E-state index in [-0.39, 0.29) is 29.6 Å². The Kier molecular flexibility index (Phi) is 7.72. The molecule has 68 valence electrons. The van der Waals surface area contributed by atoms with Crippen molar-refractivity contribution in [3.63, 3.8) is 0 Å². The average Bonchev–Trinajstić information content (AvgIpc) is 1.80. The smallest absolute Gasteiger partial charge is 0.724 e. The van der Waals surface area contributed by atoms with Gasteiger partial charge < -0.3 is 4.55 Å². The summed E-state index contributed by atoms with van der Waals surface area (Å²) in [6.45, 7) is 0. The Bertz CT molecular complexity index is 205. The van der Waals surface area contributed by atoms with Crippen molar-refractivity contribution in [2.75, 3.05) is 0 Å². The molecule has 0 radical (unpaired) electrons. The summed E-state index contributed by atoms with van der Waals surface area (Å²) < 4.78 is 64.9. The van der Waals surface area contributed by atoms with Gasteiger partial charge in [0.1, 0.15) is 0 Å². The Morgan fingerprint density at radius 1 is 1.25 bits per heavy atom. The van der Waals surface area contributed by atoms with Gasteiger partial charge in [0.05, 0.1) is 0 Å². The van der Waals surface area contributed by atoms with Gasteiger partial charge in [0.15, 0.2) is 0 Å². The number of halogens is 3. The minimum absolute atomic E-state index is 0. The van der Waals surface area contributed by atoms with Crippen LogP contribution in [-0.2, 0) is 19.6 Å². The van der Waals surface area contributed by atoms with Gasteiger partial charge in [-0.15, -0.1) is 4.33 Å². The van der Waals surface area contributed by atoms with Gasteiger partial charge in [0.25, 0.3) is 12.8 Å². The largest absolute Gasteiger partial charge is 1.00 e. The second-order valence-electron chi connectivity index (χ2n) is 1.26. The second-order valence-corrected chi connectivity index (χ2v) is 2.21. The van der Waals surface area contributed by atoms with E-state index in [4.69, 9.17) is 0 Å². The van der Waals surface area contributed by atoms with E-state index in [0.29, 0.717) is 0 Å². The molecular formula is C2H2F3NaO5S. The maximum atomic E-state index is 11.6. The fourth-order valence-electron chi connectivity index (χ4n) is 0.128. The van der Waals surface area contributed by atoms with Crippen LogP contribution in [0.25, 0.3) is 0 Å². The average molecular weight is 218 g/mol. The zero-order valence-electron chi connectivity index (χ0n) is 5.74. The topological polar surface area (TPSA) is 75.7 Å². The van der Waals surface area contributed by atoms with Crippen LogP contribution in [0.4, 0.5) is 13.2 Å². The van der Waals surface area contributed by atoms with Crippen molar-refractivity contribution in [1.82, 2.24) is 0 Å². The summed E-state index contributed by atoms with van der Waals surface area (Å²) in [6, 6.07) is 0. The molecule has 0 bridgehead atoms.